The van der Waals surface area contributed by atoms with Gasteiger partial charge in [0.25, 0.3) is 0 Å². The molecule has 0 atom stereocenters. The van der Waals surface area contributed by atoms with E-state index in [4.69, 9.17) is 16.3 Å². The fraction of sp³-hybridized carbons (Fsp3) is 0.312. The Kier molecular flexibility index (Phi) is 7.20. The van der Waals surface area contributed by atoms with Crippen LogP contribution in [-0.4, -0.2) is 19.2 Å². The van der Waals surface area contributed by atoms with E-state index in [1.165, 1.54) is 4.88 Å². The Morgan fingerprint density at radius 3 is 2.83 bits per heavy atom. The van der Waals surface area contributed by atoms with Crippen molar-refractivity contribution in [2.45, 2.75) is 19.8 Å². The van der Waals surface area contributed by atoms with Gasteiger partial charge in [-0.25, -0.2) is 4.79 Å². The number of anilines is 2. The quantitative estimate of drug-likeness (QED) is 0.600. The molecule has 2 aromatic rings. The number of hydrogen-bond acceptors (Lipinski definition) is 4. The van der Waals surface area contributed by atoms with E-state index in [0.717, 1.165) is 28.9 Å². The second kappa shape index (κ2) is 9.15. The molecule has 1 heterocycles. The van der Waals surface area contributed by atoms with E-state index in [2.05, 4.69) is 38.7 Å². The zero-order valence-corrected chi connectivity index (χ0v) is 15.9. The van der Waals surface area contributed by atoms with Crippen LogP contribution >= 0.6 is 38.9 Å². The van der Waals surface area contributed by atoms with E-state index in [1.807, 2.05) is 13.0 Å². The summed E-state index contributed by atoms with van der Waals surface area (Å²) >= 11 is 11.4. The predicted octanol–water partition coefficient (Wildman–Crippen LogP) is 5.78. The van der Waals surface area contributed by atoms with Gasteiger partial charge in [-0.2, -0.15) is 0 Å². The van der Waals surface area contributed by atoms with Crippen molar-refractivity contribution in [1.82, 2.24) is 0 Å². The number of carbonyl (C=O) groups excluding carboxylic acids is 1. The van der Waals surface area contributed by atoms with Crippen LogP contribution in [-0.2, 0) is 11.2 Å². The van der Waals surface area contributed by atoms with Gasteiger partial charge in [-0.3, -0.25) is 5.32 Å². The summed E-state index contributed by atoms with van der Waals surface area (Å²) in [4.78, 5) is 12.8. The minimum absolute atomic E-state index is 0.391. The number of halogens is 2. The minimum atomic E-state index is -0.488. The average molecular weight is 418 g/mol. The monoisotopic (exact) mass is 416 g/mol. The van der Waals surface area contributed by atoms with Crippen molar-refractivity contribution in [1.29, 1.82) is 0 Å². The maximum atomic E-state index is 11.5. The van der Waals surface area contributed by atoms with Gasteiger partial charge in [0.1, 0.15) is 0 Å². The summed E-state index contributed by atoms with van der Waals surface area (Å²) in [6, 6.07) is 9.60. The number of thiophene rings is 1. The molecular formula is C16H18BrClN2O2S. The average Bonchev–Trinajstić information content (AvgIpc) is 2.93. The topological polar surface area (TPSA) is 50.4 Å². The van der Waals surface area contributed by atoms with Gasteiger partial charge in [-0.15, -0.1) is 11.3 Å². The first kappa shape index (κ1) is 18.1. The molecule has 0 spiro atoms. The number of hydrogen-bond donors (Lipinski definition) is 2. The molecule has 0 saturated heterocycles. The lowest BCUT2D eigenvalue weighted by Gasteiger charge is -2.10. The van der Waals surface area contributed by atoms with Crippen molar-refractivity contribution in [2.75, 3.05) is 23.8 Å². The second-order valence-electron chi connectivity index (χ2n) is 4.84. The Labute approximate surface area is 153 Å². The fourth-order valence-electron chi connectivity index (χ4n) is 1.88. The Bertz CT molecular complexity index is 663. The van der Waals surface area contributed by atoms with Crippen LogP contribution in [0.4, 0.5) is 16.2 Å². The van der Waals surface area contributed by atoms with Crippen LogP contribution in [0.1, 0.15) is 18.2 Å². The largest absolute Gasteiger partial charge is 0.449 e. The lowest BCUT2D eigenvalue weighted by Crippen LogP contribution is -2.14. The molecule has 1 aromatic heterocycles. The van der Waals surface area contributed by atoms with Crippen molar-refractivity contribution >= 4 is 56.3 Å². The molecule has 2 rings (SSSR count). The van der Waals surface area contributed by atoms with Gasteiger partial charge >= 0.3 is 6.09 Å². The van der Waals surface area contributed by atoms with E-state index in [9.17, 15) is 4.79 Å². The van der Waals surface area contributed by atoms with Crippen LogP contribution in [0.2, 0.25) is 5.02 Å². The smallest absolute Gasteiger partial charge is 0.411 e. The van der Waals surface area contributed by atoms with E-state index in [0.29, 0.717) is 17.3 Å². The molecule has 4 nitrogen and oxygen atoms in total. The summed E-state index contributed by atoms with van der Waals surface area (Å²) in [6.45, 7) is 3.14. The van der Waals surface area contributed by atoms with Crippen molar-refractivity contribution in [2.24, 2.45) is 0 Å². The summed E-state index contributed by atoms with van der Waals surface area (Å²) < 4.78 is 6.11. The zero-order valence-electron chi connectivity index (χ0n) is 12.7. The first-order valence-corrected chi connectivity index (χ1v) is 9.28. The van der Waals surface area contributed by atoms with Crippen LogP contribution in [0.3, 0.4) is 0 Å². The normalized spacial score (nSPS) is 10.4. The highest BCUT2D eigenvalue weighted by Crippen LogP contribution is 2.26. The highest BCUT2D eigenvalue weighted by atomic mass is 79.9. The summed E-state index contributed by atoms with van der Waals surface area (Å²) in [6.07, 6.45) is 1.24. The van der Waals surface area contributed by atoms with E-state index in [-0.39, 0.29) is 0 Å². The van der Waals surface area contributed by atoms with Gasteiger partial charge in [-0.05, 0) is 59.1 Å². The predicted molar refractivity (Wildman–Crippen MR) is 101 cm³/mol. The molecule has 1 aromatic carbocycles. The molecular weight excluding hydrogens is 400 g/mol. The minimum Gasteiger partial charge on any atom is -0.449 e. The first-order chi connectivity index (χ1) is 11.1. The van der Waals surface area contributed by atoms with Gasteiger partial charge in [0.15, 0.2) is 0 Å². The molecule has 0 fully saturated rings. The van der Waals surface area contributed by atoms with E-state index >= 15 is 0 Å². The zero-order chi connectivity index (χ0) is 16.7. The lowest BCUT2D eigenvalue weighted by atomic mass is 10.2. The molecule has 124 valence electrons. The number of rotatable bonds is 7. The molecule has 2 N–H and O–H groups in total. The lowest BCUT2D eigenvalue weighted by molar-refractivity contribution is 0.161. The van der Waals surface area contributed by atoms with Gasteiger partial charge < -0.3 is 10.1 Å². The fourth-order valence-corrected chi connectivity index (χ4v) is 3.59. The van der Waals surface area contributed by atoms with Gasteiger partial charge in [0, 0.05) is 17.1 Å². The number of carbonyl (C=O) groups is 1. The molecule has 0 aliphatic carbocycles. The summed E-state index contributed by atoms with van der Waals surface area (Å²) in [7, 11) is 0. The van der Waals surface area contributed by atoms with Crippen molar-refractivity contribution < 1.29 is 9.53 Å². The molecule has 0 saturated carbocycles. The summed E-state index contributed by atoms with van der Waals surface area (Å²) in [5.41, 5.74) is 1.46. The van der Waals surface area contributed by atoms with Crippen LogP contribution in [0.25, 0.3) is 0 Å². The number of ether oxygens (including phenoxy) is 1. The molecule has 0 aliphatic rings. The highest BCUT2D eigenvalue weighted by Gasteiger charge is 2.07. The Morgan fingerprint density at radius 1 is 1.35 bits per heavy atom. The third-order valence-electron chi connectivity index (χ3n) is 2.97. The standard InChI is InChI=1S/C16H18BrClN2O2S/c1-2-9-22-16(21)20-14-5-3-11(10-13(14)18)19-8-7-12-4-6-15(17)23-12/h3-6,10,19H,2,7-9H2,1H3,(H,20,21). The Balaban J connectivity index is 1.84. The van der Waals surface area contributed by atoms with Crippen LogP contribution in [0.15, 0.2) is 34.1 Å². The molecule has 0 radical (unpaired) electrons. The van der Waals surface area contributed by atoms with Gasteiger partial charge in [-0.1, -0.05) is 18.5 Å². The summed E-state index contributed by atoms with van der Waals surface area (Å²) in [5.74, 6) is 0. The van der Waals surface area contributed by atoms with Crippen LogP contribution < -0.4 is 10.6 Å². The van der Waals surface area contributed by atoms with Crippen LogP contribution in [0, 0.1) is 0 Å². The molecule has 0 bridgehead atoms. The Hall–Kier alpha value is -1.24. The van der Waals surface area contributed by atoms with E-state index in [1.54, 1.807) is 23.5 Å². The van der Waals surface area contributed by atoms with Gasteiger partial charge in [0.05, 0.1) is 21.1 Å². The number of benzene rings is 1. The maximum absolute atomic E-state index is 11.5. The first-order valence-electron chi connectivity index (χ1n) is 7.30. The summed E-state index contributed by atoms with van der Waals surface area (Å²) in [5, 5.41) is 6.43. The molecule has 0 aliphatic heterocycles. The van der Waals surface area contributed by atoms with Crippen molar-refractivity contribution in [3.63, 3.8) is 0 Å². The third kappa shape index (κ3) is 6.05. The van der Waals surface area contributed by atoms with Crippen molar-refractivity contribution in [3.8, 4) is 0 Å². The maximum Gasteiger partial charge on any atom is 0.411 e. The SMILES string of the molecule is CCCOC(=O)Nc1ccc(NCCc2ccc(Br)s2)cc1Cl. The molecule has 23 heavy (non-hydrogen) atoms. The van der Waals surface area contributed by atoms with Crippen LogP contribution in [0.5, 0.6) is 0 Å². The second-order valence-corrected chi connectivity index (χ2v) is 7.79. The molecule has 1 amide bonds. The number of amides is 1. The van der Waals surface area contributed by atoms with Crippen molar-refractivity contribution in [3.05, 3.63) is 44.0 Å². The number of nitrogens with one attached hydrogen (secondary N) is 2. The third-order valence-corrected chi connectivity index (χ3v) is 4.97. The highest BCUT2D eigenvalue weighted by molar-refractivity contribution is 9.11. The van der Waals surface area contributed by atoms with E-state index < -0.39 is 6.09 Å². The van der Waals surface area contributed by atoms with Gasteiger partial charge in [0.2, 0.25) is 0 Å². The Morgan fingerprint density at radius 2 is 2.17 bits per heavy atom. The molecule has 7 heteroatoms. The molecule has 0 unspecified atom stereocenters.